The standard InChI is InChI=1S/C65H44O/c1-3-17-45(18-4-1)46-35-31-43(32-36-46)41-65(42-44-33-37-48(38-34-44)50-40-39-49(47-19-5-2-6-20-47)51-21-7-8-22-52(50)51)61-57-27-13-9-23-53(57)55-25-11-15-29-59(55)63(61)66-64-60-30-16-12-26-56(60)54-24-10-14-28-58(54)62(64)65/h1-40H,41-42H2. The molecular formula is C65H44O. The third-order valence-electron chi connectivity index (χ3n) is 14.3. The number of hydrogen-bond acceptors (Lipinski definition) is 1. The van der Waals surface area contributed by atoms with Crippen LogP contribution in [0.2, 0.25) is 0 Å². The van der Waals surface area contributed by atoms with Gasteiger partial charge in [0.25, 0.3) is 0 Å². The van der Waals surface area contributed by atoms with Crippen molar-refractivity contribution in [3.05, 3.63) is 265 Å². The lowest BCUT2D eigenvalue weighted by Gasteiger charge is -2.43. The van der Waals surface area contributed by atoms with E-state index in [2.05, 4.69) is 243 Å². The second-order valence-electron chi connectivity index (χ2n) is 18.0. The lowest BCUT2D eigenvalue weighted by atomic mass is 9.62. The molecule has 0 fully saturated rings. The van der Waals surface area contributed by atoms with Gasteiger partial charge in [-0.25, -0.2) is 0 Å². The highest BCUT2D eigenvalue weighted by molar-refractivity contribution is 6.17. The highest BCUT2D eigenvalue weighted by atomic mass is 16.5. The molecule has 1 heterocycles. The van der Waals surface area contributed by atoms with Crippen molar-refractivity contribution in [3.8, 4) is 44.9 Å². The molecule has 1 heteroatoms. The van der Waals surface area contributed by atoms with Gasteiger partial charge < -0.3 is 4.74 Å². The van der Waals surface area contributed by atoms with Gasteiger partial charge in [-0.15, -0.1) is 0 Å². The van der Waals surface area contributed by atoms with Crippen molar-refractivity contribution in [1.29, 1.82) is 0 Å². The van der Waals surface area contributed by atoms with E-state index in [9.17, 15) is 0 Å². The van der Waals surface area contributed by atoms with Crippen LogP contribution < -0.4 is 4.74 Å². The van der Waals surface area contributed by atoms with E-state index < -0.39 is 5.41 Å². The van der Waals surface area contributed by atoms with Crippen molar-refractivity contribution < 1.29 is 4.74 Å². The maximum absolute atomic E-state index is 7.59. The Labute approximate surface area is 384 Å². The molecular weight excluding hydrogens is 797 g/mol. The summed E-state index contributed by atoms with van der Waals surface area (Å²) in [5.41, 5.74) is 11.9. The molecule has 0 unspecified atom stereocenters. The molecule has 0 aliphatic carbocycles. The molecule has 0 bridgehead atoms. The quantitative estimate of drug-likeness (QED) is 0.145. The Morgan fingerprint density at radius 1 is 0.242 bits per heavy atom. The SMILES string of the molecule is c1ccc(-c2ccc(CC3(Cc4ccc(-c5ccc(-c6ccccc6)c6ccccc56)cc4)c4c(c5ccccc5c5ccccc45)Oc4c3c3ccccc3c3ccccc43)cc2)cc1. The van der Waals surface area contributed by atoms with Crippen LogP contribution in [0, 0.1) is 0 Å². The third kappa shape index (κ3) is 6.08. The molecule has 1 aliphatic rings. The molecule has 13 rings (SSSR count). The van der Waals surface area contributed by atoms with E-state index in [0.717, 1.165) is 35.1 Å². The van der Waals surface area contributed by atoms with Crippen LogP contribution in [-0.2, 0) is 18.3 Å². The van der Waals surface area contributed by atoms with E-state index in [1.807, 2.05) is 0 Å². The van der Waals surface area contributed by atoms with Crippen molar-refractivity contribution in [2.45, 2.75) is 18.3 Å². The summed E-state index contributed by atoms with van der Waals surface area (Å²) in [5.74, 6) is 1.92. The highest BCUT2D eigenvalue weighted by Crippen LogP contribution is 2.60. The number of benzene rings is 12. The first kappa shape index (κ1) is 38.2. The van der Waals surface area contributed by atoms with Crippen LogP contribution in [0.25, 0.3) is 87.2 Å². The van der Waals surface area contributed by atoms with E-state index in [4.69, 9.17) is 4.74 Å². The minimum absolute atomic E-state index is 0.560. The second kappa shape index (κ2) is 15.5. The largest absolute Gasteiger partial charge is 0.455 e. The second-order valence-corrected chi connectivity index (χ2v) is 18.0. The Kier molecular flexibility index (Phi) is 8.96. The molecule has 66 heavy (non-hydrogen) atoms. The van der Waals surface area contributed by atoms with Gasteiger partial charge in [-0.3, -0.25) is 0 Å². The Morgan fingerprint density at radius 3 is 0.985 bits per heavy atom. The van der Waals surface area contributed by atoms with Gasteiger partial charge >= 0.3 is 0 Å². The van der Waals surface area contributed by atoms with Gasteiger partial charge in [0.1, 0.15) is 11.5 Å². The Balaban J connectivity index is 1.07. The van der Waals surface area contributed by atoms with Crippen LogP contribution in [0.3, 0.4) is 0 Å². The van der Waals surface area contributed by atoms with Crippen LogP contribution in [0.5, 0.6) is 11.5 Å². The highest BCUT2D eigenvalue weighted by Gasteiger charge is 2.46. The van der Waals surface area contributed by atoms with E-state index >= 15 is 0 Å². The van der Waals surface area contributed by atoms with E-state index in [0.29, 0.717) is 0 Å². The van der Waals surface area contributed by atoms with Crippen LogP contribution in [-0.4, -0.2) is 0 Å². The maximum Gasteiger partial charge on any atom is 0.140 e. The summed E-state index contributed by atoms with van der Waals surface area (Å²) < 4.78 is 7.59. The van der Waals surface area contributed by atoms with Crippen LogP contribution in [0.1, 0.15) is 22.3 Å². The van der Waals surface area contributed by atoms with Gasteiger partial charge in [-0.2, -0.15) is 0 Å². The van der Waals surface area contributed by atoms with E-state index in [-0.39, 0.29) is 0 Å². The van der Waals surface area contributed by atoms with Gasteiger partial charge in [-0.05, 0) is 100 Å². The molecule has 1 aliphatic heterocycles. The summed E-state index contributed by atoms with van der Waals surface area (Å²) in [4.78, 5) is 0. The fourth-order valence-electron chi connectivity index (χ4n) is 11.4. The predicted molar refractivity (Wildman–Crippen MR) is 278 cm³/mol. The van der Waals surface area contributed by atoms with Gasteiger partial charge in [0.2, 0.25) is 0 Å². The van der Waals surface area contributed by atoms with Crippen LogP contribution in [0.15, 0.2) is 243 Å². The van der Waals surface area contributed by atoms with Gasteiger partial charge in [0, 0.05) is 27.3 Å². The Hall–Kier alpha value is -8.26. The first-order valence-electron chi connectivity index (χ1n) is 23.1. The summed E-state index contributed by atoms with van der Waals surface area (Å²) in [6, 6.07) is 89.4. The summed E-state index contributed by atoms with van der Waals surface area (Å²) in [5, 5.41) is 12.2. The summed E-state index contributed by atoms with van der Waals surface area (Å²) in [7, 11) is 0. The van der Waals surface area contributed by atoms with Crippen molar-refractivity contribution in [2.75, 3.05) is 0 Å². The smallest absolute Gasteiger partial charge is 0.140 e. The molecule has 1 nitrogen and oxygen atoms in total. The van der Waals surface area contributed by atoms with E-state index in [1.54, 1.807) is 0 Å². The Morgan fingerprint density at radius 2 is 0.545 bits per heavy atom. The number of hydrogen-bond donors (Lipinski definition) is 0. The zero-order valence-corrected chi connectivity index (χ0v) is 36.4. The van der Waals surface area contributed by atoms with Crippen LogP contribution in [0.4, 0.5) is 0 Å². The topological polar surface area (TPSA) is 9.23 Å². The number of ether oxygens (including phenoxy) is 1. The number of fused-ring (bicyclic) bond motifs is 13. The average molecular weight is 841 g/mol. The predicted octanol–water partition coefficient (Wildman–Crippen LogP) is 17.3. The van der Waals surface area contributed by atoms with Crippen molar-refractivity contribution in [1.82, 2.24) is 0 Å². The van der Waals surface area contributed by atoms with Crippen molar-refractivity contribution in [2.24, 2.45) is 0 Å². The lowest BCUT2D eigenvalue weighted by Crippen LogP contribution is -2.37. The summed E-state index contributed by atoms with van der Waals surface area (Å²) in [6.45, 7) is 0. The normalized spacial score (nSPS) is 12.9. The third-order valence-corrected chi connectivity index (χ3v) is 14.3. The summed E-state index contributed by atoms with van der Waals surface area (Å²) >= 11 is 0. The first-order chi connectivity index (χ1) is 32.7. The van der Waals surface area contributed by atoms with Crippen molar-refractivity contribution in [3.63, 3.8) is 0 Å². The lowest BCUT2D eigenvalue weighted by molar-refractivity contribution is 0.399. The fourth-order valence-corrected chi connectivity index (χ4v) is 11.4. The zero-order chi connectivity index (χ0) is 43.6. The molecule has 310 valence electrons. The minimum atomic E-state index is -0.560. The monoisotopic (exact) mass is 840 g/mol. The molecule has 12 aromatic rings. The molecule has 0 saturated heterocycles. The average Bonchev–Trinajstić information content (AvgIpc) is 3.39. The minimum Gasteiger partial charge on any atom is -0.455 e. The van der Waals surface area contributed by atoms with Crippen LogP contribution >= 0.6 is 0 Å². The fraction of sp³-hybridized carbons (Fsp3) is 0.0462. The summed E-state index contributed by atoms with van der Waals surface area (Å²) in [6.07, 6.45) is 1.53. The van der Waals surface area contributed by atoms with Crippen molar-refractivity contribution >= 4 is 53.9 Å². The molecule has 0 saturated carbocycles. The zero-order valence-electron chi connectivity index (χ0n) is 36.4. The molecule has 0 atom stereocenters. The molecule has 0 spiro atoms. The molecule has 0 N–H and O–H groups in total. The van der Waals surface area contributed by atoms with E-state index in [1.165, 1.54) is 98.7 Å². The Bertz CT molecular complexity index is 3690. The molecule has 0 amide bonds. The first-order valence-corrected chi connectivity index (χ1v) is 23.1. The molecule has 0 radical (unpaired) electrons. The van der Waals surface area contributed by atoms with Gasteiger partial charge in [-0.1, -0.05) is 243 Å². The molecule has 0 aromatic heterocycles. The maximum atomic E-state index is 7.59. The van der Waals surface area contributed by atoms with Gasteiger partial charge in [0.15, 0.2) is 0 Å². The molecule has 12 aromatic carbocycles. The van der Waals surface area contributed by atoms with Gasteiger partial charge in [0.05, 0.1) is 0 Å². The number of rotatable bonds is 7.